The number of hydrogen-bond acceptors (Lipinski definition) is 3. The predicted molar refractivity (Wildman–Crippen MR) is 101 cm³/mol. The number of carbonyl (C=O) groups excluding carboxylic acids is 1. The minimum atomic E-state index is -0.609. The molecule has 0 saturated carbocycles. The van der Waals surface area contributed by atoms with Gasteiger partial charge >= 0.3 is 0 Å². The molecule has 0 saturated heterocycles. The van der Waals surface area contributed by atoms with Crippen LogP contribution in [0.3, 0.4) is 0 Å². The summed E-state index contributed by atoms with van der Waals surface area (Å²) in [6.07, 6.45) is 0. The summed E-state index contributed by atoms with van der Waals surface area (Å²) in [5, 5.41) is 0.313. The van der Waals surface area contributed by atoms with E-state index in [1.54, 1.807) is 24.3 Å². The van der Waals surface area contributed by atoms with Crippen molar-refractivity contribution in [2.75, 3.05) is 5.43 Å². The lowest BCUT2D eigenvalue weighted by atomic mass is 10.2. The number of para-hydroxylation sites is 1. The maximum absolute atomic E-state index is 13.3. The summed E-state index contributed by atoms with van der Waals surface area (Å²) >= 11 is 0. The van der Waals surface area contributed by atoms with Crippen molar-refractivity contribution < 1.29 is 13.6 Å². The lowest BCUT2D eigenvalue weighted by Crippen LogP contribution is -2.35. The second-order valence-corrected chi connectivity index (χ2v) is 6.05. The topological polar surface area (TPSA) is 64.0 Å². The third-order valence-corrected chi connectivity index (χ3v) is 4.20. The molecule has 5 nitrogen and oxygen atoms in total. The molecule has 138 valence electrons. The molecule has 1 heterocycles. The van der Waals surface area contributed by atoms with E-state index in [9.17, 15) is 18.4 Å². The van der Waals surface area contributed by atoms with E-state index in [-0.39, 0.29) is 11.4 Å². The average molecular weight is 377 g/mol. The smallest absolute Gasteiger partial charge is 0.267 e. The first kappa shape index (κ1) is 17.5. The van der Waals surface area contributed by atoms with E-state index in [4.69, 9.17) is 0 Å². The number of hydrogen-bond donors (Lipinski definition) is 1. The van der Waals surface area contributed by atoms with Crippen LogP contribution in [0.15, 0.2) is 77.6 Å². The molecule has 7 heteroatoms. The minimum absolute atomic E-state index is 0.152. The number of nitrogens with zero attached hydrogens (tertiary/aromatic N) is 2. The number of amides is 1. The van der Waals surface area contributed by atoms with E-state index < -0.39 is 23.1 Å². The van der Waals surface area contributed by atoms with Gasteiger partial charge in [0.1, 0.15) is 11.6 Å². The van der Waals surface area contributed by atoms with Gasteiger partial charge in [-0.3, -0.25) is 15.0 Å². The Morgan fingerprint density at radius 2 is 1.46 bits per heavy atom. The largest absolute Gasteiger partial charge is 0.280 e. The minimum Gasteiger partial charge on any atom is -0.267 e. The zero-order valence-corrected chi connectivity index (χ0v) is 14.4. The van der Waals surface area contributed by atoms with Crippen molar-refractivity contribution in [1.82, 2.24) is 9.66 Å². The van der Waals surface area contributed by atoms with Gasteiger partial charge in [0.2, 0.25) is 0 Å². The summed E-state index contributed by atoms with van der Waals surface area (Å²) in [5.74, 6) is -1.37. The normalized spacial score (nSPS) is 10.8. The Morgan fingerprint density at radius 1 is 0.857 bits per heavy atom. The number of aromatic nitrogens is 2. The SMILES string of the molecule is O=C(Nn1c(-c2ccc(F)cc2)nc2ccccc2c1=O)c1ccc(F)cc1. The molecule has 0 atom stereocenters. The Balaban J connectivity index is 1.87. The third kappa shape index (κ3) is 3.25. The first-order valence-corrected chi connectivity index (χ1v) is 8.37. The zero-order valence-electron chi connectivity index (χ0n) is 14.4. The Bertz CT molecular complexity index is 1230. The first-order chi connectivity index (χ1) is 13.5. The molecule has 0 aliphatic heterocycles. The molecule has 1 amide bonds. The van der Waals surface area contributed by atoms with Gasteiger partial charge in [-0.05, 0) is 60.7 Å². The molecule has 4 aromatic rings. The van der Waals surface area contributed by atoms with Gasteiger partial charge in [-0.25, -0.2) is 13.8 Å². The molecular weight excluding hydrogens is 364 g/mol. The van der Waals surface area contributed by atoms with Crippen LogP contribution in [0.5, 0.6) is 0 Å². The van der Waals surface area contributed by atoms with Crippen LogP contribution < -0.4 is 11.0 Å². The van der Waals surface area contributed by atoms with Gasteiger partial charge in [0.25, 0.3) is 11.5 Å². The quantitative estimate of drug-likeness (QED) is 0.592. The predicted octanol–water partition coefficient (Wildman–Crippen LogP) is 3.73. The van der Waals surface area contributed by atoms with Gasteiger partial charge in [-0.1, -0.05) is 12.1 Å². The third-order valence-electron chi connectivity index (χ3n) is 4.20. The Hall–Kier alpha value is -3.87. The molecule has 0 spiro atoms. The van der Waals surface area contributed by atoms with Crippen LogP contribution in [-0.4, -0.2) is 15.6 Å². The standard InChI is InChI=1S/C21H13F2N3O2/c22-15-9-5-13(6-10-15)19-24-18-4-2-1-3-17(18)21(28)26(19)25-20(27)14-7-11-16(23)12-8-14/h1-12H,(H,25,27). The monoisotopic (exact) mass is 377 g/mol. The highest BCUT2D eigenvalue weighted by Gasteiger charge is 2.16. The van der Waals surface area contributed by atoms with Crippen molar-refractivity contribution in [1.29, 1.82) is 0 Å². The molecule has 1 N–H and O–H groups in total. The first-order valence-electron chi connectivity index (χ1n) is 8.37. The molecule has 28 heavy (non-hydrogen) atoms. The summed E-state index contributed by atoms with van der Waals surface area (Å²) in [5.41, 5.74) is 3.08. The molecule has 1 aromatic heterocycles. The molecule has 3 aromatic carbocycles. The van der Waals surface area contributed by atoms with Crippen LogP contribution >= 0.6 is 0 Å². The van der Waals surface area contributed by atoms with Gasteiger partial charge < -0.3 is 0 Å². The maximum atomic E-state index is 13.3. The molecule has 0 bridgehead atoms. The van der Waals surface area contributed by atoms with E-state index in [1.807, 2.05) is 0 Å². The van der Waals surface area contributed by atoms with Crippen molar-refractivity contribution in [2.24, 2.45) is 0 Å². The molecule has 0 fully saturated rings. The molecule has 0 aliphatic rings. The highest BCUT2D eigenvalue weighted by Crippen LogP contribution is 2.19. The summed E-state index contributed by atoms with van der Waals surface area (Å²) < 4.78 is 27.4. The van der Waals surface area contributed by atoms with Crippen molar-refractivity contribution >= 4 is 16.8 Å². The lowest BCUT2D eigenvalue weighted by Gasteiger charge is -2.14. The Morgan fingerprint density at radius 3 is 2.14 bits per heavy atom. The van der Waals surface area contributed by atoms with Gasteiger partial charge in [0.05, 0.1) is 10.9 Å². The fraction of sp³-hybridized carbons (Fsp3) is 0. The van der Waals surface area contributed by atoms with Crippen LogP contribution in [-0.2, 0) is 0 Å². The van der Waals surface area contributed by atoms with Crippen LogP contribution in [0, 0.1) is 11.6 Å². The summed E-state index contributed by atoms with van der Waals surface area (Å²) in [6, 6.07) is 17.0. The van der Waals surface area contributed by atoms with Crippen molar-refractivity contribution in [3.63, 3.8) is 0 Å². The molecule has 0 radical (unpaired) electrons. The van der Waals surface area contributed by atoms with Crippen molar-refractivity contribution in [3.8, 4) is 11.4 Å². The number of benzene rings is 3. The van der Waals surface area contributed by atoms with Crippen molar-refractivity contribution in [2.45, 2.75) is 0 Å². The second-order valence-electron chi connectivity index (χ2n) is 6.05. The van der Waals surface area contributed by atoms with Crippen LogP contribution in [0.2, 0.25) is 0 Å². The lowest BCUT2D eigenvalue weighted by molar-refractivity contribution is 0.101. The van der Waals surface area contributed by atoms with E-state index in [0.717, 1.165) is 16.8 Å². The Labute approximate surface area is 157 Å². The summed E-state index contributed by atoms with van der Waals surface area (Å²) in [6.45, 7) is 0. The maximum Gasteiger partial charge on any atom is 0.280 e. The number of carbonyl (C=O) groups is 1. The van der Waals surface area contributed by atoms with Crippen LogP contribution in [0.4, 0.5) is 8.78 Å². The fourth-order valence-electron chi connectivity index (χ4n) is 2.80. The number of halogens is 2. The summed E-state index contributed by atoms with van der Waals surface area (Å²) in [4.78, 5) is 30.0. The van der Waals surface area contributed by atoms with Gasteiger partial charge in [-0.2, -0.15) is 4.68 Å². The fourth-order valence-corrected chi connectivity index (χ4v) is 2.80. The Kier molecular flexibility index (Phi) is 4.41. The molecule has 4 rings (SSSR count). The molecule has 0 aliphatic carbocycles. The number of fused-ring (bicyclic) bond motifs is 1. The molecular formula is C21H13F2N3O2. The molecule has 0 unspecified atom stereocenters. The highest BCUT2D eigenvalue weighted by atomic mass is 19.1. The van der Waals surface area contributed by atoms with Crippen LogP contribution in [0.25, 0.3) is 22.3 Å². The summed E-state index contributed by atoms with van der Waals surface area (Å²) in [7, 11) is 0. The second kappa shape index (κ2) is 7.03. The van der Waals surface area contributed by atoms with Gasteiger partial charge in [-0.15, -0.1) is 0 Å². The van der Waals surface area contributed by atoms with Crippen molar-refractivity contribution in [3.05, 3.63) is 100 Å². The van der Waals surface area contributed by atoms with E-state index in [1.165, 1.54) is 36.4 Å². The zero-order chi connectivity index (χ0) is 19.7. The van der Waals surface area contributed by atoms with E-state index >= 15 is 0 Å². The van der Waals surface area contributed by atoms with E-state index in [2.05, 4.69) is 10.4 Å². The van der Waals surface area contributed by atoms with Gasteiger partial charge in [0, 0.05) is 11.1 Å². The number of rotatable bonds is 3. The number of nitrogens with one attached hydrogen (secondary N) is 1. The van der Waals surface area contributed by atoms with Crippen LogP contribution in [0.1, 0.15) is 10.4 Å². The average Bonchev–Trinajstić information content (AvgIpc) is 2.71. The van der Waals surface area contributed by atoms with Gasteiger partial charge in [0.15, 0.2) is 5.82 Å². The highest BCUT2D eigenvalue weighted by molar-refractivity contribution is 6.00. The van der Waals surface area contributed by atoms with E-state index in [0.29, 0.717) is 16.5 Å².